The first-order chi connectivity index (χ1) is 23.3. The van der Waals surface area contributed by atoms with Crippen molar-refractivity contribution in [1.29, 1.82) is 0 Å². The van der Waals surface area contributed by atoms with Gasteiger partial charge < -0.3 is 19.3 Å². The predicted molar refractivity (Wildman–Crippen MR) is 198 cm³/mol. The van der Waals surface area contributed by atoms with Gasteiger partial charge in [0.15, 0.2) is 6.10 Å². The Balaban J connectivity index is 4.03. The van der Waals surface area contributed by atoms with E-state index in [1.54, 1.807) is 0 Å². The van der Waals surface area contributed by atoms with Crippen LogP contribution in [0.4, 0.5) is 0 Å². The molecule has 0 unspecified atom stereocenters. The minimum Gasteiger partial charge on any atom is -0.462 e. The van der Waals surface area contributed by atoms with Crippen LogP contribution in [0.15, 0.2) is 48.6 Å². The molecule has 8 nitrogen and oxygen atoms in total. The maximum Gasteiger partial charge on any atom is 0.469 e. The number of allylic oxidation sites excluding steroid dienone is 8. The van der Waals surface area contributed by atoms with Crippen molar-refractivity contribution >= 4 is 19.8 Å². The molecule has 0 aliphatic rings. The van der Waals surface area contributed by atoms with Crippen molar-refractivity contribution in [3.63, 3.8) is 0 Å². The van der Waals surface area contributed by atoms with Crippen molar-refractivity contribution in [2.75, 3.05) is 13.2 Å². The van der Waals surface area contributed by atoms with E-state index in [2.05, 4.69) is 67.0 Å². The third-order valence-electron chi connectivity index (χ3n) is 7.82. The fraction of sp³-hybridized carbons (Fsp3) is 0.744. The van der Waals surface area contributed by atoms with Crippen LogP contribution in [0.5, 0.6) is 0 Å². The molecule has 0 aromatic rings. The summed E-state index contributed by atoms with van der Waals surface area (Å²) < 4.78 is 26.3. The molecule has 0 bridgehead atoms. The van der Waals surface area contributed by atoms with Crippen molar-refractivity contribution in [2.45, 2.75) is 174 Å². The molecule has 48 heavy (non-hydrogen) atoms. The van der Waals surface area contributed by atoms with Crippen molar-refractivity contribution < 1.29 is 37.9 Å². The first kappa shape index (κ1) is 46.0. The zero-order valence-corrected chi connectivity index (χ0v) is 31.3. The second-order valence-corrected chi connectivity index (χ2v) is 13.8. The molecule has 0 aromatic heterocycles. The van der Waals surface area contributed by atoms with Crippen molar-refractivity contribution in [3.05, 3.63) is 48.6 Å². The van der Waals surface area contributed by atoms with Gasteiger partial charge in [-0.25, -0.2) is 4.57 Å². The highest BCUT2D eigenvalue weighted by atomic mass is 31.2. The number of hydrogen-bond donors (Lipinski definition) is 2. The minimum atomic E-state index is -4.76. The number of unbranched alkanes of at least 4 members (excludes halogenated alkanes) is 16. The van der Waals surface area contributed by atoms with E-state index in [4.69, 9.17) is 19.3 Å². The Morgan fingerprint density at radius 2 is 0.938 bits per heavy atom. The van der Waals surface area contributed by atoms with Crippen LogP contribution < -0.4 is 0 Å². The highest BCUT2D eigenvalue weighted by Gasteiger charge is 2.22. The standard InChI is InChI=1S/C39H69O8P/c1-3-5-7-9-11-13-15-17-19-21-23-25-27-29-31-33-38(40)45-35-37(36-46-48(42,43)44)47-39(41)34-32-30-28-26-24-22-20-18-16-14-12-10-8-6-4-2/h11-14,17-20,37H,3-10,15-16,21-36H2,1-2H3,(H2,42,43,44)/b13-11-,14-12-,19-17-,20-18-/t37-/m1/s1. The van der Waals surface area contributed by atoms with E-state index >= 15 is 0 Å². The van der Waals surface area contributed by atoms with Crippen LogP contribution in [-0.4, -0.2) is 41.0 Å². The van der Waals surface area contributed by atoms with E-state index in [1.165, 1.54) is 51.4 Å². The molecule has 0 heterocycles. The lowest BCUT2D eigenvalue weighted by Gasteiger charge is -2.18. The Labute approximate surface area is 293 Å². The van der Waals surface area contributed by atoms with Crippen LogP contribution in [0.1, 0.15) is 168 Å². The van der Waals surface area contributed by atoms with Gasteiger partial charge in [0.05, 0.1) is 6.61 Å². The Morgan fingerprint density at radius 3 is 1.38 bits per heavy atom. The Kier molecular flexibility index (Phi) is 33.4. The molecule has 0 rings (SSSR count). The summed E-state index contributed by atoms with van der Waals surface area (Å²) in [5.74, 6) is -0.920. The van der Waals surface area contributed by atoms with Crippen LogP contribution in [0.3, 0.4) is 0 Å². The van der Waals surface area contributed by atoms with Gasteiger partial charge in [0.1, 0.15) is 6.61 Å². The molecule has 0 aromatic carbocycles. The topological polar surface area (TPSA) is 119 Å². The molecule has 0 radical (unpaired) electrons. The summed E-state index contributed by atoms with van der Waals surface area (Å²) in [6, 6.07) is 0. The molecule has 0 saturated carbocycles. The van der Waals surface area contributed by atoms with Gasteiger partial charge in [-0.15, -0.1) is 0 Å². The number of phosphoric acid groups is 1. The summed E-state index contributed by atoms with van der Waals surface area (Å²) in [4.78, 5) is 42.7. The van der Waals surface area contributed by atoms with Crippen molar-refractivity contribution in [2.24, 2.45) is 0 Å². The number of esters is 2. The number of carbonyl (C=O) groups excluding carboxylic acids is 2. The Morgan fingerprint density at radius 1 is 0.542 bits per heavy atom. The van der Waals surface area contributed by atoms with E-state index in [-0.39, 0.29) is 19.4 Å². The van der Waals surface area contributed by atoms with Crippen LogP contribution >= 0.6 is 7.82 Å². The van der Waals surface area contributed by atoms with Crippen molar-refractivity contribution in [3.8, 4) is 0 Å². The van der Waals surface area contributed by atoms with Crippen LogP contribution in [0.25, 0.3) is 0 Å². The second-order valence-electron chi connectivity index (χ2n) is 12.5. The first-order valence-corrected chi connectivity index (χ1v) is 20.5. The van der Waals surface area contributed by atoms with Crippen LogP contribution in [-0.2, 0) is 28.2 Å². The third-order valence-corrected chi connectivity index (χ3v) is 8.31. The van der Waals surface area contributed by atoms with Gasteiger partial charge in [0, 0.05) is 12.8 Å². The smallest absolute Gasteiger partial charge is 0.462 e. The number of rotatable bonds is 34. The van der Waals surface area contributed by atoms with Gasteiger partial charge in [-0.05, 0) is 77.0 Å². The van der Waals surface area contributed by atoms with Gasteiger partial charge in [-0.2, -0.15) is 0 Å². The molecule has 0 saturated heterocycles. The molecule has 0 fully saturated rings. The summed E-state index contributed by atoms with van der Waals surface area (Å²) in [6.07, 6.45) is 41.1. The summed E-state index contributed by atoms with van der Waals surface area (Å²) >= 11 is 0. The van der Waals surface area contributed by atoms with E-state index in [0.29, 0.717) is 12.8 Å². The molecular weight excluding hydrogens is 627 g/mol. The van der Waals surface area contributed by atoms with Gasteiger partial charge in [0.2, 0.25) is 0 Å². The normalized spacial score (nSPS) is 13.0. The highest BCUT2D eigenvalue weighted by Crippen LogP contribution is 2.36. The molecule has 0 amide bonds. The molecule has 2 N–H and O–H groups in total. The van der Waals surface area contributed by atoms with Gasteiger partial charge in [-0.3, -0.25) is 14.1 Å². The molecule has 0 spiro atoms. The van der Waals surface area contributed by atoms with E-state index in [0.717, 1.165) is 77.0 Å². The van der Waals surface area contributed by atoms with Crippen molar-refractivity contribution in [1.82, 2.24) is 0 Å². The lowest BCUT2D eigenvalue weighted by Crippen LogP contribution is -2.29. The summed E-state index contributed by atoms with van der Waals surface area (Å²) in [5, 5.41) is 0. The monoisotopic (exact) mass is 696 g/mol. The zero-order valence-electron chi connectivity index (χ0n) is 30.4. The van der Waals surface area contributed by atoms with Gasteiger partial charge in [-0.1, -0.05) is 127 Å². The Hall–Kier alpha value is -1.99. The zero-order chi connectivity index (χ0) is 35.4. The molecule has 1 atom stereocenters. The fourth-order valence-corrected chi connectivity index (χ4v) is 5.32. The molecule has 9 heteroatoms. The molecular formula is C39H69O8P. The summed E-state index contributed by atoms with van der Waals surface area (Å²) in [5.41, 5.74) is 0. The lowest BCUT2D eigenvalue weighted by molar-refractivity contribution is -0.161. The number of carbonyl (C=O) groups is 2. The summed E-state index contributed by atoms with van der Waals surface area (Å²) in [6.45, 7) is 3.59. The van der Waals surface area contributed by atoms with Gasteiger partial charge >= 0.3 is 19.8 Å². The van der Waals surface area contributed by atoms with E-state index < -0.39 is 32.5 Å². The Bertz CT molecular complexity index is 921. The first-order valence-electron chi connectivity index (χ1n) is 18.9. The minimum absolute atomic E-state index is 0.191. The highest BCUT2D eigenvalue weighted by molar-refractivity contribution is 7.46. The lowest BCUT2D eigenvalue weighted by atomic mass is 10.1. The maximum atomic E-state index is 12.4. The molecule has 0 aliphatic carbocycles. The fourth-order valence-electron chi connectivity index (χ4n) is 4.96. The molecule has 278 valence electrons. The van der Waals surface area contributed by atoms with E-state index in [1.807, 2.05) is 0 Å². The number of phosphoric ester groups is 1. The number of hydrogen-bond acceptors (Lipinski definition) is 6. The van der Waals surface area contributed by atoms with E-state index in [9.17, 15) is 14.2 Å². The summed E-state index contributed by atoms with van der Waals surface area (Å²) in [7, 11) is -4.76. The largest absolute Gasteiger partial charge is 0.469 e. The van der Waals surface area contributed by atoms with Gasteiger partial charge in [0.25, 0.3) is 0 Å². The maximum absolute atomic E-state index is 12.4. The third kappa shape index (κ3) is 36.8. The quantitative estimate of drug-likeness (QED) is 0.0295. The second kappa shape index (κ2) is 34.9. The average Bonchev–Trinajstić information content (AvgIpc) is 3.05. The number of ether oxygens (including phenoxy) is 2. The predicted octanol–water partition coefficient (Wildman–Crippen LogP) is 11.2. The van der Waals surface area contributed by atoms with Crippen LogP contribution in [0.2, 0.25) is 0 Å². The molecule has 0 aliphatic heterocycles. The van der Waals surface area contributed by atoms with Crippen LogP contribution in [0, 0.1) is 0 Å². The SMILES string of the molecule is CCCCC/C=C\C/C=C\CCCCCCCC(=O)OC[C@H](COP(=O)(O)O)OC(=O)CCCCCCC/C=C\C/C=C\CCCCC. The average molecular weight is 697 g/mol.